The number of piperidine rings is 1. The molecule has 1 aliphatic rings. The lowest BCUT2D eigenvalue weighted by molar-refractivity contribution is 0.131. The Morgan fingerprint density at radius 2 is 2.00 bits per heavy atom. The quantitative estimate of drug-likeness (QED) is 0.863. The van der Waals surface area contributed by atoms with Crippen molar-refractivity contribution in [2.45, 2.75) is 38.8 Å². The number of likely N-dealkylation sites (tertiary alicyclic amines) is 1. The summed E-state index contributed by atoms with van der Waals surface area (Å²) in [5, 5.41) is 4.05. The molecule has 0 unspecified atom stereocenters. The largest absolute Gasteiger partial charge is 0.334 e. The Kier molecular flexibility index (Phi) is 7.00. The minimum atomic E-state index is 0.00692. The second-order valence-corrected chi connectivity index (χ2v) is 6.95. The van der Waals surface area contributed by atoms with E-state index in [0.29, 0.717) is 22.6 Å². The highest BCUT2D eigenvalue weighted by molar-refractivity contribution is 6.42. The van der Waals surface area contributed by atoms with Crippen molar-refractivity contribution in [2.75, 3.05) is 26.7 Å². The summed E-state index contributed by atoms with van der Waals surface area (Å²) in [7, 11) is 2.13. The Bertz CT molecular complexity index is 531. The molecule has 6 heteroatoms. The number of amides is 2. The Hall–Kier alpha value is -0.970. The summed E-state index contributed by atoms with van der Waals surface area (Å²) < 4.78 is 0. The predicted octanol–water partition coefficient (Wildman–Crippen LogP) is 4.01. The van der Waals surface area contributed by atoms with Crippen LogP contribution in [0, 0.1) is 0 Å². The lowest BCUT2D eigenvalue weighted by Crippen LogP contribution is -2.50. The topological polar surface area (TPSA) is 35.6 Å². The Morgan fingerprint density at radius 3 is 2.61 bits per heavy atom. The predicted molar refractivity (Wildman–Crippen MR) is 96.2 cm³/mol. The molecule has 0 atom stereocenters. The molecule has 1 N–H and O–H groups in total. The van der Waals surface area contributed by atoms with E-state index in [2.05, 4.69) is 24.2 Å². The molecule has 128 valence electrons. The molecule has 1 aromatic carbocycles. The zero-order valence-electron chi connectivity index (χ0n) is 13.8. The Morgan fingerprint density at radius 1 is 1.30 bits per heavy atom. The van der Waals surface area contributed by atoms with Gasteiger partial charge in [0.2, 0.25) is 0 Å². The molecular weight excluding hydrogens is 333 g/mol. The van der Waals surface area contributed by atoms with Crippen LogP contribution in [0.15, 0.2) is 18.2 Å². The first-order valence-corrected chi connectivity index (χ1v) is 8.93. The fourth-order valence-corrected chi connectivity index (χ4v) is 3.25. The molecule has 0 saturated carbocycles. The molecule has 23 heavy (non-hydrogen) atoms. The maximum absolute atomic E-state index is 12.6. The van der Waals surface area contributed by atoms with Crippen LogP contribution in [0.25, 0.3) is 0 Å². The van der Waals surface area contributed by atoms with Crippen molar-refractivity contribution in [1.82, 2.24) is 15.1 Å². The van der Waals surface area contributed by atoms with Crippen molar-refractivity contribution in [3.05, 3.63) is 33.8 Å². The number of urea groups is 1. The van der Waals surface area contributed by atoms with Gasteiger partial charge in [-0.05, 0) is 57.1 Å². The second kappa shape index (κ2) is 8.76. The molecule has 1 aromatic rings. The molecule has 2 rings (SSSR count). The van der Waals surface area contributed by atoms with Crippen molar-refractivity contribution in [3.63, 3.8) is 0 Å². The van der Waals surface area contributed by atoms with Crippen LogP contribution >= 0.6 is 23.2 Å². The number of halogens is 2. The third kappa shape index (κ3) is 5.27. The molecule has 1 heterocycles. The molecule has 4 nitrogen and oxygen atoms in total. The van der Waals surface area contributed by atoms with Gasteiger partial charge in [-0.3, -0.25) is 0 Å². The van der Waals surface area contributed by atoms with Crippen molar-refractivity contribution >= 4 is 29.2 Å². The maximum atomic E-state index is 12.6. The summed E-state index contributed by atoms with van der Waals surface area (Å²) in [6.45, 7) is 5.45. The van der Waals surface area contributed by atoms with Crippen LogP contribution in [-0.2, 0) is 6.54 Å². The smallest absolute Gasteiger partial charge is 0.317 e. The molecule has 0 radical (unpaired) electrons. The van der Waals surface area contributed by atoms with E-state index >= 15 is 0 Å². The van der Waals surface area contributed by atoms with Crippen molar-refractivity contribution in [3.8, 4) is 0 Å². The first-order chi connectivity index (χ1) is 11.0. The molecular formula is C17H25Cl2N3O. The van der Waals surface area contributed by atoms with Gasteiger partial charge in [-0.25, -0.2) is 4.79 Å². The highest BCUT2D eigenvalue weighted by atomic mass is 35.5. The molecule has 2 amide bonds. The third-order valence-electron chi connectivity index (χ3n) is 4.28. The summed E-state index contributed by atoms with van der Waals surface area (Å²) in [6.07, 6.45) is 3.04. The van der Waals surface area contributed by atoms with Crippen LogP contribution in [-0.4, -0.2) is 48.6 Å². The molecule has 0 bridgehead atoms. The number of benzene rings is 1. The molecule has 0 aromatic heterocycles. The molecule has 0 spiro atoms. The van der Waals surface area contributed by atoms with Crippen LogP contribution in [0.4, 0.5) is 4.79 Å². The number of nitrogens with zero attached hydrogens (tertiary/aromatic N) is 2. The van der Waals surface area contributed by atoms with Gasteiger partial charge in [0, 0.05) is 19.1 Å². The van der Waals surface area contributed by atoms with Gasteiger partial charge in [-0.1, -0.05) is 36.2 Å². The van der Waals surface area contributed by atoms with Crippen molar-refractivity contribution in [2.24, 2.45) is 0 Å². The molecule has 1 fully saturated rings. The highest BCUT2D eigenvalue weighted by Crippen LogP contribution is 2.22. The van der Waals surface area contributed by atoms with E-state index in [1.165, 1.54) is 0 Å². The van der Waals surface area contributed by atoms with Crippen LogP contribution in [0.1, 0.15) is 31.7 Å². The fraction of sp³-hybridized carbons (Fsp3) is 0.588. The van der Waals surface area contributed by atoms with Gasteiger partial charge in [-0.2, -0.15) is 0 Å². The lowest BCUT2D eigenvalue weighted by atomic mass is 10.0. The summed E-state index contributed by atoms with van der Waals surface area (Å²) in [5.74, 6) is 0. The van der Waals surface area contributed by atoms with Gasteiger partial charge in [0.1, 0.15) is 0 Å². The van der Waals surface area contributed by atoms with Crippen LogP contribution in [0.2, 0.25) is 10.0 Å². The van der Waals surface area contributed by atoms with E-state index in [9.17, 15) is 4.79 Å². The molecule has 0 aliphatic carbocycles. The van der Waals surface area contributed by atoms with Crippen molar-refractivity contribution < 1.29 is 4.79 Å². The highest BCUT2D eigenvalue weighted by Gasteiger charge is 2.26. The first-order valence-electron chi connectivity index (χ1n) is 8.18. The molecule has 1 aliphatic heterocycles. The number of carbonyl (C=O) groups excluding carboxylic acids is 1. The zero-order valence-corrected chi connectivity index (χ0v) is 15.3. The molecule has 1 saturated heterocycles. The third-order valence-corrected chi connectivity index (χ3v) is 5.02. The van der Waals surface area contributed by atoms with Crippen molar-refractivity contribution in [1.29, 1.82) is 0 Å². The average molecular weight is 358 g/mol. The number of rotatable bonds is 5. The fourth-order valence-electron chi connectivity index (χ4n) is 2.93. The average Bonchev–Trinajstić information content (AvgIpc) is 2.54. The van der Waals surface area contributed by atoms with Gasteiger partial charge in [0.05, 0.1) is 10.0 Å². The monoisotopic (exact) mass is 357 g/mol. The Balaban J connectivity index is 1.93. The summed E-state index contributed by atoms with van der Waals surface area (Å²) >= 11 is 11.9. The van der Waals surface area contributed by atoms with E-state index in [1.54, 1.807) is 12.1 Å². The van der Waals surface area contributed by atoms with E-state index in [1.807, 2.05) is 11.0 Å². The standard InChI is InChI=1S/C17H25Cl2N3O/c1-3-8-22(14-6-9-21(2)10-7-14)17(23)20-12-13-4-5-15(18)16(19)11-13/h4-5,11,14H,3,6-10,12H2,1-2H3,(H,20,23). The zero-order chi connectivity index (χ0) is 16.8. The minimum absolute atomic E-state index is 0.00692. The number of hydrogen-bond donors (Lipinski definition) is 1. The van der Waals surface area contributed by atoms with Crippen LogP contribution in [0.3, 0.4) is 0 Å². The van der Waals surface area contributed by atoms with Gasteiger partial charge in [-0.15, -0.1) is 0 Å². The van der Waals surface area contributed by atoms with Gasteiger partial charge in [0.15, 0.2) is 0 Å². The maximum Gasteiger partial charge on any atom is 0.317 e. The van der Waals surface area contributed by atoms with Gasteiger partial charge < -0.3 is 15.1 Å². The van der Waals surface area contributed by atoms with Crippen LogP contribution < -0.4 is 5.32 Å². The number of hydrogen-bond acceptors (Lipinski definition) is 2. The summed E-state index contributed by atoms with van der Waals surface area (Å²) in [5.41, 5.74) is 0.951. The normalized spacial score (nSPS) is 16.3. The lowest BCUT2D eigenvalue weighted by Gasteiger charge is -2.37. The first kappa shape index (κ1) is 18.4. The van der Waals surface area contributed by atoms with E-state index in [-0.39, 0.29) is 6.03 Å². The van der Waals surface area contributed by atoms with E-state index in [0.717, 1.165) is 44.5 Å². The number of carbonyl (C=O) groups is 1. The van der Waals surface area contributed by atoms with Crippen LogP contribution in [0.5, 0.6) is 0 Å². The summed E-state index contributed by atoms with van der Waals surface area (Å²) in [4.78, 5) is 16.9. The van der Waals surface area contributed by atoms with Gasteiger partial charge in [0.25, 0.3) is 0 Å². The SMILES string of the molecule is CCCN(C(=O)NCc1ccc(Cl)c(Cl)c1)C1CCN(C)CC1. The van der Waals surface area contributed by atoms with Gasteiger partial charge >= 0.3 is 6.03 Å². The van der Waals surface area contributed by atoms with E-state index in [4.69, 9.17) is 23.2 Å². The minimum Gasteiger partial charge on any atom is -0.334 e. The van der Waals surface area contributed by atoms with E-state index < -0.39 is 0 Å². The Labute approximate surface area is 148 Å². The number of nitrogens with one attached hydrogen (secondary N) is 1. The second-order valence-electron chi connectivity index (χ2n) is 6.14. The summed E-state index contributed by atoms with van der Waals surface area (Å²) in [6, 6.07) is 5.78.